The van der Waals surface area contributed by atoms with Gasteiger partial charge in [0.2, 0.25) is 0 Å². The summed E-state index contributed by atoms with van der Waals surface area (Å²) in [5, 5.41) is 10.5. The molecule has 1 fully saturated rings. The molecule has 1 saturated heterocycles. The molecule has 1 unspecified atom stereocenters. The van der Waals surface area contributed by atoms with E-state index in [0.29, 0.717) is 12.1 Å². The average Bonchev–Trinajstić information content (AvgIpc) is 2.31. The predicted molar refractivity (Wildman–Crippen MR) is 72.8 cm³/mol. The van der Waals surface area contributed by atoms with Crippen LogP contribution in [0.1, 0.15) is 18.4 Å². The van der Waals surface area contributed by atoms with Crippen LogP contribution in [0.15, 0.2) is 18.2 Å². The first-order chi connectivity index (χ1) is 8.56. The van der Waals surface area contributed by atoms with E-state index in [1.54, 1.807) is 0 Å². The summed E-state index contributed by atoms with van der Waals surface area (Å²) in [5.41, 5.74) is 6.12. The smallest absolute Gasteiger partial charge is 0.272 e. The highest BCUT2D eigenvalue weighted by Gasteiger charge is 2.18. The summed E-state index contributed by atoms with van der Waals surface area (Å²) >= 11 is 0. The van der Waals surface area contributed by atoms with E-state index >= 15 is 0 Å². The third kappa shape index (κ3) is 4.12. The second kappa shape index (κ2) is 6.79. The van der Waals surface area contributed by atoms with Crippen molar-refractivity contribution in [2.24, 2.45) is 5.73 Å². The highest BCUT2D eigenvalue weighted by atomic mass is 35.5. The van der Waals surface area contributed by atoms with Crippen molar-refractivity contribution in [1.82, 2.24) is 4.90 Å². The molecule has 0 aliphatic carbocycles. The molecule has 0 spiro atoms. The molecular weight excluding hydrogens is 273 g/mol. The minimum atomic E-state index is -0.594. The SMILES string of the molecule is Cl.NC1CCCN(Cc2ccc([N+](=O)[O-])cc2F)C1. The van der Waals surface area contributed by atoms with Gasteiger partial charge in [0.05, 0.1) is 11.0 Å². The number of nitrogens with two attached hydrogens (primary N) is 1. The first-order valence-electron chi connectivity index (χ1n) is 5.97. The molecule has 1 atom stereocenters. The number of likely N-dealkylation sites (tertiary alicyclic amines) is 1. The van der Waals surface area contributed by atoms with Crippen molar-refractivity contribution in [1.29, 1.82) is 0 Å². The molecule has 0 bridgehead atoms. The highest BCUT2D eigenvalue weighted by molar-refractivity contribution is 5.85. The van der Waals surface area contributed by atoms with Crippen molar-refractivity contribution < 1.29 is 9.31 Å². The molecule has 7 heteroatoms. The number of benzene rings is 1. The molecule has 0 amide bonds. The van der Waals surface area contributed by atoms with Gasteiger partial charge in [-0.15, -0.1) is 12.4 Å². The van der Waals surface area contributed by atoms with E-state index in [9.17, 15) is 14.5 Å². The summed E-state index contributed by atoms with van der Waals surface area (Å²) in [6.07, 6.45) is 2.01. The Hall–Kier alpha value is -1.24. The van der Waals surface area contributed by atoms with Gasteiger partial charge in [-0.3, -0.25) is 15.0 Å². The lowest BCUT2D eigenvalue weighted by molar-refractivity contribution is -0.385. The molecule has 2 rings (SSSR count). The first kappa shape index (κ1) is 15.8. The van der Waals surface area contributed by atoms with Gasteiger partial charge in [0.25, 0.3) is 5.69 Å². The van der Waals surface area contributed by atoms with Crippen LogP contribution in [-0.4, -0.2) is 29.0 Å². The molecular formula is C12H17ClFN3O2. The van der Waals surface area contributed by atoms with Crippen LogP contribution in [0.4, 0.5) is 10.1 Å². The first-order valence-corrected chi connectivity index (χ1v) is 5.97. The Morgan fingerprint density at radius 2 is 2.26 bits per heavy atom. The zero-order valence-corrected chi connectivity index (χ0v) is 11.2. The molecule has 1 aliphatic rings. The van der Waals surface area contributed by atoms with E-state index in [2.05, 4.69) is 4.90 Å². The normalized spacial score (nSPS) is 19.8. The van der Waals surface area contributed by atoms with Gasteiger partial charge in [-0.1, -0.05) is 0 Å². The van der Waals surface area contributed by atoms with E-state index < -0.39 is 10.7 Å². The largest absolute Gasteiger partial charge is 0.327 e. The van der Waals surface area contributed by atoms with Gasteiger partial charge in [0.15, 0.2) is 0 Å². The van der Waals surface area contributed by atoms with Gasteiger partial charge in [0.1, 0.15) is 5.82 Å². The molecule has 0 saturated carbocycles. The van der Waals surface area contributed by atoms with Crippen molar-refractivity contribution in [3.63, 3.8) is 0 Å². The summed E-state index contributed by atoms with van der Waals surface area (Å²) in [6, 6.07) is 3.93. The second-order valence-corrected chi connectivity index (χ2v) is 4.67. The molecule has 106 valence electrons. The van der Waals surface area contributed by atoms with E-state index in [0.717, 1.165) is 32.0 Å². The fourth-order valence-electron chi connectivity index (χ4n) is 2.25. The van der Waals surface area contributed by atoms with Crippen molar-refractivity contribution in [3.05, 3.63) is 39.7 Å². The predicted octanol–water partition coefficient (Wildman–Crippen LogP) is 2.08. The Balaban J connectivity index is 0.00000180. The number of rotatable bonds is 3. The summed E-state index contributed by atoms with van der Waals surface area (Å²) in [7, 11) is 0. The van der Waals surface area contributed by atoms with Crippen LogP contribution in [0, 0.1) is 15.9 Å². The lowest BCUT2D eigenvalue weighted by atomic mass is 10.1. The molecule has 0 radical (unpaired) electrons. The van der Waals surface area contributed by atoms with Crippen LogP contribution >= 0.6 is 12.4 Å². The molecule has 1 heterocycles. The maximum absolute atomic E-state index is 13.7. The van der Waals surface area contributed by atoms with Crippen molar-refractivity contribution in [2.75, 3.05) is 13.1 Å². The number of hydrogen-bond acceptors (Lipinski definition) is 4. The molecule has 0 aromatic heterocycles. The summed E-state index contributed by atoms with van der Waals surface area (Å²) < 4.78 is 13.7. The summed E-state index contributed by atoms with van der Waals surface area (Å²) in [5.74, 6) is -0.525. The number of nitro groups is 1. The third-order valence-corrected chi connectivity index (χ3v) is 3.18. The quantitative estimate of drug-likeness (QED) is 0.683. The number of nitro benzene ring substituents is 1. The summed E-state index contributed by atoms with van der Waals surface area (Å²) in [4.78, 5) is 12.0. The number of non-ortho nitro benzene ring substituents is 1. The Morgan fingerprint density at radius 1 is 1.53 bits per heavy atom. The van der Waals surface area contributed by atoms with Gasteiger partial charge < -0.3 is 5.73 Å². The Bertz CT molecular complexity index is 459. The van der Waals surface area contributed by atoms with Crippen LogP contribution in [-0.2, 0) is 6.54 Å². The minimum absolute atomic E-state index is 0. The molecule has 19 heavy (non-hydrogen) atoms. The lowest BCUT2D eigenvalue weighted by Gasteiger charge is -2.30. The zero-order chi connectivity index (χ0) is 13.1. The van der Waals surface area contributed by atoms with Gasteiger partial charge in [-0.2, -0.15) is 0 Å². The van der Waals surface area contributed by atoms with Crippen LogP contribution in [0.25, 0.3) is 0 Å². The number of piperidine rings is 1. The van der Waals surface area contributed by atoms with E-state index in [1.165, 1.54) is 12.1 Å². The van der Waals surface area contributed by atoms with Gasteiger partial charge in [-0.05, 0) is 25.5 Å². The van der Waals surface area contributed by atoms with Gasteiger partial charge in [0, 0.05) is 30.8 Å². The topological polar surface area (TPSA) is 72.4 Å². The van der Waals surface area contributed by atoms with Gasteiger partial charge >= 0.3 is 0 Å². The maximum Gasteiger partial charge on any atom is 0.272 e. The third-order valence-electron chi connectivity index (χ3n) is 3.18. The zero-order valence-electron chi connectivity index (χ0n) is 10.4. The van der Waals surface area contributed by atoms with Gasteiger partial charge in [-0.25, -0.2) is 4.39 Å². The van der Waals surface area contributed by atoms with Crippen molar-refractivity contribution in [3.8, 4) is 0 Å². The molecule has 5 nitrogen and oxygen atoms in total. The van der Waals surface area contributed by atoms with E-state index in [-0.39, 0.29) is 24.1 Å². The maximum atomic E-state index is 13.7. The Kier molecular flexibility index (Phi) is 5.65. The minimum Gasteiger partial charge on any atom is -0.327 e. The summed E-state index contributed by atoms with van der Waals surface area (Å²) in [6.45, 7) is 2.10. The van der Waals surface area contributed by atoms with Crippen molar-refractivity contribution in [2.45, 2.75) is 25.4 Å². The number of hydrogen-bond donors (Lipinski definition) is 1. The fourth-order valence-corrected chi connectivity index (χ4v) is 2.25. The second-order valence-electron chi connectivity index (χ2n) is 4.67. The van der Waals surface area contributed by atoms with Crippen LogP contribution in [0.5, 0.6) is 0 Å². The average molecular weight is 290 g/mol. The number of nitrogens with zero attached hydrogens (tertiary/aromatic N) is 2. The highest BCUT2D eigenvalue weighted by Crippen LogP contribution is 2.19. The molecule has 1 aromatic rings. The van der Waals surface area contributed by atoms with Crippen LogP contribution in [0.3, 0.4) is 0 Å². The monoisotopic (exact) mass is 289 g/mol. The van der Waals surface area contributed by atoms with E-state index in [4.69, 9.17) is 5.73 Å². The standard InChI is InChI=1S/C12H16FN3O2.ClH/c13-12-6-11(16(17)18)4-3-9(12)7-15-5-1-2-10(14)8-15;/h3-4,6,10H,1-2,5,7-8,14H2;1H. The Morgan fingerprint density at radius 3 is 2.84 bits per heavy atom. The molecule has 1 aliphatic heterocycles. The fraction of sp³-hybridized carbons (Fsp3) is 0.500. The van der Waals surface area contributed by atoms with Crippen LogP contribution < -0.4 is 5.73 Å². The molecule has 1 aromatic carbocycles. The van der Waals surface area contributed by atoms with Crippen molar-refractivity contribution >= 4 is 18.1 Å². The Labute approximate surface area is 117 Å². The lowest BCUT2D eigenvalue weighted by Crippen LogP contribution is -2.42. The van der Waals surface area contributed by atoms with Crippen LogP contribution in [0.2, 0.25) is 0 Å². The van der Waals surface area contributed by atoms with E-state index in [1.807, 2.05) is 0 Å². The molecule has 2 N–H and O–H groups in total. The number of halogens is 2.